The van der Waals surface area contributed by atoms with E-state index in [1.54, 1.807) is 12.3 Å². The Labute approximate surface area is 134 Å². The minimum Gasteiger partial charge on any atom is -0.369 e. The summed E-state index contributed by atoms with van der Waals surface area (Å²) < 4.78 is 0. The highest BCUT2D eigenvalue weighted by atomic mass is 35.5. The van der Waals surface area contributed by atoms with Crippen LogP contribution in [0.3, 0.4) is 0 Å². The summed E-state index contributed by atoms with van der Waals surface area (Å²) in [5.74, 6) is 1.23. The van der Waals surface area contributed by atoms with Crippen molar-refractivity contribution in [2.45, 2.75) is 26.3 Å². The highest BCUT2D eigenvalue weighted by Gasteiger charge is 2.13. The Balaban J connectivity index is 2.19. The molecule has 6 heteroatoms. The maximum absolute atomic E-state index is 6.21. The van der Waals surface area contributed by atoms with E-state index in [1.807, 2.05) is 25.1 Å². The lowest BCUT2D eigenvalue weighted by molar-refractivity contribution is 0.832. The molecule has 2 N–H and O–H groups in total. The van der Waals surface area contributed by atoms with Gasteiger partial charge in [-0.25, -0.2) is 4.98 Å². The van der Waals surface area contributed by atoms with E-state index in [-0.39, 0.29) is 6.04 Å². The van der Waals surface area contributed by atoms with E-state index >= 15 is 0 Å². The normalized spacial score (nSPS) is 12.0. The van der Waals surface area contributed by atoms with E-state index in [0.717, 1.165) is 18.7 Å². The van der Waals surface area contributed by atoms with Gasteiger partial charge in [0.25, 0.3) is 0 Å². The molecule has 0 amide bonds. The zero-order chi connectivity index (χ0) is 15.2. The van der Waals surface area contributed by atoms with Gasteiger partial charge in [0.1, 0.15) is 11.6 Å². The van der Waals surface area contributed by atoms with Gasteiger partial charge in [-0.15, -0.1) is 0 Å². The Bertz CT molecular complexity index is 590. The second kappa shape index (κ2) is 7.48. The van der Waals surface area contributed by atoms with Crippen LogP contribution in [0.15, 0.2) is 30.5 Å². The third-order valence-electron chi connectivity index (χ3n) is 2.96. The number of halogens is 2. The lowest BCUT2D eigenvalue weighted by atomic mass is 10.2. The molecular weight excluding hydrogens is 307 g/mol. The van der Waals surface area contributed by atoms with Crippen LogP contribution in [0.2, 0.25) is 10.0 Å². The molecule has 2 aromatic rings. The molecule has 0 bridgehead atoms. The van der Waals surface area contributed by atoms with Crippen molar-refractivity contribution < 1.29 is 0 Å². The number of aromatic nitrogens is 2. The van der Waals surface area contributed by atoms with Crippen molar-refractivity contribution in [1.29, 1.82) is 0 Å². The van der Waals surface area contributed by atoms with Gasteiger partial charge < -0.3 is 10.6 Å². The van der Waals surface area contributed by atoms with E-state index in [9.17, 15) is 0 Å². The summed E-state index contributed by atoms with van der Waals surface area (Å²) in [4.78, 5) is 8.78. The summed E-state index contributed by atoms with van der Waals surface area (Å²) in [6, 6.07) is 7.48. The summed E-state index contributed by atoms with van der Waals surface area (Å²) in [6.45, 7) is 4.90. The van der Waals surface area contributed by atoms with Gasteiger partial charge in [-0.3, -0.25) is 4.98 Å². The summed E-state index contributed by atoms with van der Waals surface area (Å²) in [6.07, 6.45) is 2.76. The highest BCUT2D eigenvalue weighted by molar-refractivity contribution is 6.37. The van der Waals surface area contributed by atoms with E-state index in [1.165, 1.54) is 0 Å². The van der Waals surface area contributed by atoms with Gasteiger partial charge in [0.2, 0.25) is 0 Å². The fraction of sp³-hybridized carbons (Fsp3) is 0.333. The molecule has 0 spiro atoms. The van der Waals surface area contributed by atoms with Crippen molar-refractivity contribution in [3.05, 3.63) is 46.2 Å². The number of pyridine rings is 2. The topological polar surface area (TPSA) is 49.8 Å². The van der Waals surface area contributed by atoms with Crippen molar-refractivity contribution >= 4 is 34.8 Å². The number of nitrogens with one attached hydrogen (secondary N) is 2. The van der Waals surface area contributed by atoms with Crippen LogP contribution in [-0.4, -0.2) is 16.5 Å². The van der Waals surface area contributed by atoms with Crippen molar-refractivity contribution in [1.82, 2.24) is 9.97 Å². The molecule has 0 saturated heterocycles. The van der Waals surface area contributed by atoms with Gasteiger partial charge in [-0.2, -0.15) is 0 Å². The summed E-state index contributed by atoms with van der Waals surface area (Å²) in [7, 11) is 0. The Hall–Kier alpha value is -1.52. The second-order valence-electron chi connectivity index (χ2n) is 4.70. The van der Waals surface area contributed by atoms with E-state index in [0.29, 0.717) is 21.7 Å². The molecule has 1 unspecified atom stereocenters. The van der Waals surface area contributed by atoms with Crippen LogP contribution in [0, 0.1) is 0 Å². The molecule has 0 aliphatic rings. The van der Waals surface area contributed by atoms with Crippen LogP contribution >= 0.6 is 23.2 Å². The van der Waals surface area contributed by atoms with Gasteiger partial charge >= 0.3 is 0 Å². The smallest absolute Gasteiger partial charge is 0.147 e. The number of hydrogen-bond donors (Lipinski definition) is 2. The second-order valence-corrected chi connectivity index (χ2v) is 5.51. The van der Waals surface area contributed by atoms with Crippen molar-refractivity contribution in [3.8, 4) is 0 Å². The fourth-order valence-corrected chi connectivity index (χ4v) is 2.33. The molecule has 0 radical (unpaired) electrons. The zero-order valence-corrected chi connectivity index (χ0v) is 13.5. The lowest BCUT2D eigenvalue weighted by Gasteiger charge is -2.16. The molecular formula is C15H18Cl2N4. The number of anilines is 2. The number of nitrogens with zero attached hydrogens (tertiary/aromatic N) is 2. The molecule has 112 valence electrons. The summed E-state index contributed by atoms with van der Waals surface area (Å²) >= 11 is 12.4. The van der Waals surface area contributed by atoms with Gasteiger partial charge in [0.05, 0.1) is 21.8 Å². The quantitative estimate of drug-likeness (QED) is 0.802. The van der Waals surface area contributed by atoms with Gasteiger partial charge in [-0.1, -0.05) is 36.2 Å². The predicted octanol–water partition coefficient (Wildman–Crippen LogP) is 4.78. The third kappa shape index (κ3) is 4.22. The van der Waals surface area contributed by atoms with Crippen molar-refractivity contribution in [2.24, 2.45) is 0 Å². The third-order valence-corrected chi connectivity index (χ3v) is 3.53. The lowest BCUT2D eigenvalue weighted by Crippen LogP contribution is -2.11. The summed E-state index contributed by atoms with van der Waals surface area (Å²) in [5, 5.41) is 7.46. The number of rotatable bonds is 6. The monoisotopic (exact) mass is 324 g/mol. The number of hydrogen-bond acceptors (Lipinski definition) is 4. The van der Waals surface area contributed by atoms with Crippen LogP contribution in [0.4, 0.5) is 11.6 Å². The first-order valence-corrected chi connectivity index (χ1v) is 7.64. The predicted molar refractivity (Wildman–Crippen MR) is 89.3 cm³/mol. The molecule has 2 aromatic heterocycles. The van der Waals surface area contributed by atoms with E-state index in [4.69, 9.17) is 23.2 Å². The first kappa shape index (κ1) is 15.9. The van der Waals surface area contributed by atoms with Gasteiger partial charge in [-0.05, 0) is 31.5 Å². The standard InChI is InChI=1S/C15H18Cl2N4/c1-3-7-19-14-11(16)9-12(17)15(21-14)20-10(2)13-6-4-5-8-18-13/h4-6,8-10H,3,7H2,1-2H3,(H2,19,20,21). The molecule has 2 rings (SSSR count). The van der Waals surface area contributed by atoms with Crippen LogP contribution in [0.1, 0.15) is 32.0 Å². The molecule has 0 aliphatic carbocycles. The van der Waals surface area contributed by atoms with Crippen LogP contribution in [0.25, 0.3) is 0 Å². The zero-order valence-electron chi connectivity index (χ0n) is 12.0. The highest BCUT2D eigenvalue weighted by Crippen LogP contribution is 2.31. The Kier molecular flexibility index (Phi) is 5.65. The van der Waals surface area contributed by atoms with Gasteiger partial charge in [0.15, 0.2) is 0 Å². The molecule has 1 atom stereocenters. The first-order valence-electron chi connectivity index (χ1n) is 6.89. The average molecular weight is 325 g/mol. The SMILES string of the molecule is CCCNc1nc(NC(C)c2ccccn2)c(Cl)cc1Cl. The molecule has 21 heavy (non-hydrogen) atoms. The first-order chi connectivity index (χ1) is 10.1. The van der Waals surface area contributed by atoms with Crippen molar-refractivity contribution in [2.75, 3.05) is 17.2 Å². The minimum atomic E-state index is -0.00333. The maximum Gasteiger partial charge on any atom is 0.147 e. The Morgan fingerprint density at radius 3 is 2.62 bits per heavy atom. The molecule has 0 aromatic carbocycles. The average Bonchev–Trinajstić information content (AvgIpc) is 2.49. The molecule has 4 nitrogen and oxygen atoms in total. The Morgan fingerprint density at radius 2 is 1.95 bits per heavy atom. The van der Waals surface area contributed by atoms with E-state index in [2.05, 4.69) is 27.5 Å². The molecule has 0 fully saturated rings. The molecule has 0 saturated carbocycles. The maximum atomic E-state index is 6.21. The van der Waals surface area contributed by atoms with Gasteiger partial charge in [0, 0.05) is 12.7 Å². The molecule has 0 aliphatic heterocycles. The van der Waals surface area contributed by atoms with Crippen LogP contribution in [0.5, 0.6) is 0 Å². The van der Waals surface area contributed by atoms with Crippen LogP contribution in [-0.2, 0) is 0 Å². The van der Waals surface area contributed by atoms with Crippen molar-refractivity contribution in [3.63, 3.8) is 0 Å². The molecule has 2 heterocycles. The fourth-order valence-electron chi connectivity index (χ4n) is 1.85. The van der Waals surface area contributed by atoms with E-state index < -0.39 is 0 Å². The van der Waals surface area contributed by atoms with Crippen LogP contribution < -0.4 is 10.6 Å². The Morgan fingerprint density at radius 1 is 1.19 bits per heavy atom. The summed E-state index contributed by atoms with van der Waals surface area (Å²) in [5.41, 5.74) is 0.924. The largest absolute Gasteiger partial charge is 0.369 e. The minimum absolute atomic E-state index is 0.00333.